The first-order valence-electron chi connectivity index (χ1n) is 0. The molecule has 0 fully saturated rings. The van der Waals surface area contributed by atoms with Crippen molar-refractivity contribution in [3.63, 3.8) is 0 Å². The van der Waals surface area contributed by atoms with Crippen LogP contribution in [0.15, 0.2) is 0 Å². The van der Waals surface area contributed by atoms with Crippen molar-refractivity contribution in [1.29, 1.82) is 0 Å². The van der Waals surface area contributed by atoms with Crippen molar-refractivity contribution in [2.75, 3.05) is 0 Å². The average Bonchev–Trinajstić information content (AvgIpc) is 0. The molecular weight excluding hydrogens is 520 g/mol. The minimum atomic E-state index is 0. The molecular formula is CeLaSbSiZr. The zero-order chi connectivity index (χ0) is 0. The van der Waals surface area contributed by atoms with Crippen molar-refractivity contribution in [2.45, 2.75) is 0 Å². The first-order chi connectivity index (χ1) is 0. The van der Waals surface area contributed by atoms with Crippen molar-refractivity contribution < 1.29 is 104 Å². The Hall–Kier alpha value is 4.49. The van der Waals surface area contributed by atoms with Crippen LogP contribution in [0.25, 0.3) is 0 Å². The van der Waals surface area contributed by atoms with Gasteiger partial charge in [0, 0.05) is 139 Å². The molecule has 5 heavy (non-hydrogen) atoms. The topological polar surface area (TPSA) is 0 Å². The summed E-state index contributed by atoms with van der Waals surface area (Å²) in [6.07, 6.45) is 0. The molecule has 0 atom stereocenters. The van der Waals surface area contributed by atoms with Gasteiger partial charge in [0.25, 0.3) is 0 Å². The van der Waals surface area contributed by atoms with Gasteiger partial charge < -0.3 is 0 Å². The summed E-state index contributed by atoms with van der Waals surface area (Å²) in [6, 6.07) is 0. The van der Waals surface area contributed by atoms with E-state index in [1.165, 1.54) is 0 Å². The summed E-state index contributed by atoms with van der Waals surface area (Å²) in [7, 11) is 0. The Balaban J connectivity index is 0. The number of hydrogen-bond acceptors (Lipinski definition) is 0. The minimum Gasteiger partial charge on any atom is 0 e. The monoisotopic (exact) mass is 518 g/mol. The number of hydrogen-bond donors (Lipinski definition) is 0. The molecule has 0 amide bonds. The molecule has 0 heterocycles. The Kier molecular flexibility index (Phi) is 160. The maximum atomic E-state index is 0. The zero-order valence-electron chi connectivity index (χ0n) is 2.52. The molecule has 0 aliphatic rings. The first kappa shape index (κ1) is 33.9. The van der Waals surface area contributed by atoms with Gasteiger partial charge in [-0.1, -0.05) is 0 Å². The third kappa shape index (κ3) is 17.7. The van der Waals surface area contributed by atoms with Gasteiger partial charge in [-0.25, -0.2) is 0 Å². The smallest absolute Gasteiger partial charge is 0 e. The van der Waals surface area contributed by atoms with Gasteiger partial charge in [-0.3, -0.25) is 0 Å². The van der Waals surface area contributed by atoms with Gasteiger partial charge in [0.2, 0.25) is 0 Å². The van der Waals surface area contributed by atoms with Crippen LogP contribution in [-0.2, 0) is 26.2 Å². The van der Waals surface area contributed by atoms with Gasteiger partial charge in [0.15, 0.2) is 0 Å². The molecule has 0 saturated carbocycles. The molecule has 0 aliphatic heterocycles. The molecule has 8 radical (unpaired) electrons. The predicted molar refractivity (Wildman–Crippen MR) is 11.5 cm³/mol. The molecule has 0 aromatic carbocycles. The van der Waals surface area contributed by atoms with Crippen LogP contribution >= 0.6 is 0 Å². The van der Waals surface area contributed by atoms with Crippen LogP contribution in [0.4, 0.5) is 0 Å². The van der Waals surface area contributed by atoms with E-state index in [1.807, 2.05) is 0 Å². The average molecular weight is 520 g/mol. The van der Waals surface area contributed by atoms with E-state index in [4.69, 9.17) is 0 Å². The molecule has 0 aromatic rings. The Bertz CT molecular complexity index is 11.6. The van der Waals surface area contributed by atoms with Crippen molar-refractivity contribution in [2.24, 2.45) is 0 Å². The van der Waals surface area contributed by atoms with Crippen molar-refractivity contribution in [3.05, 3.63) is 0 Å². The maximum absolute atomic E-state index is 0. The fourth-order valence-electron chi connectivity index (χ4n) is 0. The van der Waals surface area contributed by atoms with Crippen LogP contribution in [0.1, 0.15) is 0 Å². The molecule has 0 N–H and O–H groups in total. The molecule has 20 valence electrons. The van der Waals surface area contributed by atoms with E-state index in [-0.39, 0.29) is 139 Å². The normalized spacial score (nSPS) is 0. The summed E-state index contributed by atoms with van der Waals surface area (Å²) in [5.74, 6) is 0. The molecule has 0 saturated heterocycles. The summed E-state index contributed by atoms with van der Waals surface area (Å²) in [5.41, 5.74) is 0. The van der Waals surface area contributed by atoms with Crippen molar-refractivity contribution in [3.8, 4) is 0 Å². The SMILES string of the molecule is [Ce].[La].[Sb].[Si].[Zr]. The Morgan fingerprint density at radius 1 is 1.00 bits per heavy atom. The molecule has 0 nitrogen and oxygen atoms in total. The van der Waals surface area contributed by atoms with Gasteiger partial charge in [0.05, 0.1) is 0 Å². The molecule has 0 aromatic heterocycles. The van der Waals surface area contributed by atoms with E-state index < -0.39 is 0 Å². The van der Waals surface area contributed by atoms with Crippen LogP contribution in [0.5, 0.6) is 0 Å². The fourth-order valence-corrected chi connectivity index (χ4v) is 0. The third-order valence-corrected chi connectivity index (χ3v) is 0. The third-order valence-electron chi connectivity index (χ3n) is 0. The number of rotatable bonds is 0. The second-order valence-electron chi connectivity index (χ2n) is 0. The maximum Gasteiger partial charge on any atom is 0 e. The molecule has 0 spiro atoms. The summed E-state index contributed by atoms with van der Waals surface area (Å²) in [6.45, 7) is 0. The van der Waals surface area contributed by atoms with Crippen LogP contribution in [0.2, 0.25) is 0 Å². The second kappa shape index (κ2) is 23.6. The largest absolute Gasteiger partial charge is 0 e. The van der Waals surface area contributed by atoms with E-state index in [9.17, 15) is 0 Å². The zero-order valence-corrected chi connectivity index (χ0v) is 15.3. The van der Waals surface area contributed by atoms with E-state index in [0.29, 0.717) is 0 Å². The Morgan fingerprint density at radius 3 is 1.00 bits per heavy atom. The van der Waals surface area contributed by atoms with E-state index in [0.717, 1.165) is 0 Å². The van der Waals surface area contributed by atoms with E-state index in [1.54, 1.807) is 0 Å². The molecule has 0 bridgehead atoms. The van der Waals surface area contributed by atoms with E-state index >= 15 is 0 Å². The van der Waals surface area contributed by atoms with Crippen LogP contribution in [-0.4, -0.2) is 35.4 Å². The molecule has 0 rings (SSSR count). The van der Waals surface area contributed by atoms with Gasteiger partial charge in [0.1, 0.15) is 0 Å². The fraction of sp³-hybridized carbons (Fsp3) is 0. The molecule has 5 heteroatoms. The van der Waals surface area contributed by atoms with Gasteiger partial charge in [-0.05, 0) is 0 Å². The summed E-state index contributed by atoms with van der Waals surface area (Å²) in [4.78, 5) is 0. The minimum absolute atomic E-state index is 0. The molecule has 0 aliphatic carbocycles. The second-order valence-corrected chi connectivity index (χ2v) is 0. The Labute approximate surface area is 135 Å². The standard InChI is InChI=1S/Ce.La.Sb.Si.Zr. The van der Waals surface area contributed by atoms with Crippen molar-refractivity contribution in [1.82, 2.24) is 0 Å². The summed E-state index contributed by atoms with van der Waals surface area (Å²) in [5, 5.41) is 0. The quantitative estimate of drug-likeness (QED) is 0.369. The Morgan fingerprint density at radius 2 is 1.00 bits per heavy atom. The van der Waals surface area contributed by atoms with Crippen LogP contribution < -0.4 is 0 Å². The van der Waals surface area contributed by atoms with Gasteiger partial charge in [-0.15, -0.1) is 0 Å². The molecule has 0 unspecified atom stereocenters. The van der Waals surface area contributed by atoms with Crippen molar-refractivity contribution >= 4 is 35.4 Å². The van der Waals surface area contributed by atoms with Crippen LogP contribution in [0, 0.1) is 77.3 Å². The predicted octanol–water partition coefficient (Wildman–Crippen LogP) is -0.764. The first-order valence-corrected chi connectivity index (χ1v) is 0. The van der Waals surface area contributed by atoms with Gasteiger partial charge >= 0.3 is 0 Å². The van der Waals surface area contributed by atoms with Crippen LogP contribution in [0.3, 0.4) is 0 Å². The summed E-state index contributed by atoms with van der Waals surface area (Å²) < 4.78 is 0. The van der Waals surface area contributed by atoms with E-state index in [2.05, 4.69) is 0 Å². The summed E-state index contributed by atoms with van der Waals surface area (Å²) >= 11 is 0. The van der Waals surface area contributed by atoms with Gasteiger partial charge in [-0.2, -0.15) is 0 Å².